The van der Waals surface area contributed by atoms with Gasteiger partial charge in [-0.05, 0) is 42.0 Å². The van der Waals surface area contributed by atoms with Gasteiger partial charge in [-0.15, -0.1) is 0 Å². The van der Waals surface area contributed by atoms with Gasteiger partial charge in [0.15, 0.2) is 0 Å². The Hall–Kier alpha value is -3.97. The first-order valence-corrected chi connectivity index (χ1v) is 9.42. The van der Waals surface area contributed by atoms with Crippen LogP contribution in [0.25, 0.3) is 0 Å². The summed E-state index contributed by atoms with van der Waals surface area (Å²) in [6, 6.07) is 27.9. The van der Waals surface area contributed by atoms with Crippen LogP contribution in [0, 0.1) is 0 Å². The SMILES string of the molecule is O=C(CCC(=O)NN=Cc1ccc(N(c2ccccc2)c2ccccc2)cc1)NO. The third kappa shape index (κ3) is 5.76. The lowest BCUT2D eigenvalue weighted by Gasteiger charge is -2.25. The molecule has 0 unspecified atom stereocenters. The predicted octanol–water partition coefficient (Wildman–Crippen LogP) is 3.89. The summed E-state index contributed by atoms with van der Waals surface area (Å²) < 4.78 is 0. The number of hydrazone groups is 1. The molecule has 0 aromatic heterocycles. The highest BCUT2D eigenvalue weighted by atomic mass is 16.5. The van der Waals surface area contributed by atoms with Gasteiger partial charge in [0, 0.05) is 29.9 Å². The van der Waals surface area contributed by atoms with E-state index in [9.17, 15) is 9.59 Å². The van der Waals surface area contributed by atoms with Gasteiger partial charge in [0.25, 0.3) is 0 Å². The van der Waals surface area contributed by atoms with Crippen molar-refractivity contribution in [2.24, 2.45) is 5.10 Å². The van der Waals surface area contributed by atoms with Crippen LogP contribution in [0.5, 0.6) is 0 Å². The zero-order valence-corrected chi connectivity index (χ0v) is 16.2. The minimum atomic E-state index is -0.619. The van der Waals surface area contributed by atoms with Crippen molar-refractivity contribution in [1.82, 2.24) is 10.9 Å². The van der Waals surface area contributed by atoms with Crippen LogP contribution >= 0.6 is 0 Å². The number of para-hydroxylation sites is 2. The summed E-state index contributed by atoms with van der Waals surface area (Å²) in [5.74, 6) is -1.03. The average molecular weight is 402 g/mol. The Morgan fingerprint density at radius 1 is 0.767 bits per heavy atom. The topological polar surface area (TPSA) is 94.0 Å². The number of hydrogen-bond acceptors (Lipinski definition) is 5. The smallest absolute Gasteiger partial charge is 0.243 e. The minimum Gasteiger partial charge on any atom is -0.311 e. The fourth-order valence-electron chi connectivity index (χ4n) is 2.83. The summed E-state index contributed by atoms with van der Waals surface area (Å²) in [4.78, 5) is 24.7. The van der Waals surface area contributed by atoms with Crippen molar-refractivity contribution in [1.29, 1.82) is 0 Å². The number of amides is 2. The largest absolute Gasteiger partial charge is 0.311 e. The summed E-state index contributed by atoms with van der Waals surface area (Å²) in [5.41, 5.74) is 7.73. The number of benzene rings is 3. The third-order valence-corrected chi connectivity index (χ3v) is 4.29. The van der Waals surface area contributed by atoms with Crippen molar-refractivity contribution < 1.29 is 14.8 Å². The molecule has 0 heterocycles. The Kier molecular flexibility index (Phi) is 7.29. The van der Waals surface area contributed by atoms with Crippen LogP contribution in [0.3, 0.4) is 0 Å². The van der Waals surface area contributed by atoms with Gasteiger partial charge in [-0.2, -0.15) is 5.10 Å². The van der Waals surface area contributed by atoms with Gasteiger partial charge in [0.05, 0.1) is 6.21 Å². The summed E-state index contributed by atoms with van der Waals surface area (Å²) in [5, 5.41) is 12.3. The zero-order chi connectivity index (χ0) is 21.2. The van der Waals surface area contributed by atoms with E-state index in [1.807, 2.05) is 60.7 Å². The van der Waals surface area contributed by atoms with Gasteiger partial charge in [-0.1, -0.05) is 48.5 Å². The van der Waals surface area contributed by atoms with Crippen molar-refractivity contribution in [2.45, 2.75) is 12.8 Å². The molecule has 3 aromatic carbocycles. The molecule has 0 aliphatic carbocycles. The van der Waals surface area contributed by atoms with Crippen LogP contribution in [0.4, 0.5) is 17.1 Å². The molecule has 3 N–H and O–H groups in total. The van der Waals surface area contributed by atoms with Gasteiger partial charge in [-0.3, -0.25) is 14.8 Å². The van der Waals surface area contributed by atoms with Crippen LogP contribution in [-0.2, 0) is 9.59 Å². The molecule has 7 heteroatoms. The normalized spacial score (nSPS) is 10.6. The number of hydrogen-bond donors (Lipinski definition) is 3. The van der Waals surface area contributed by atoms with E-state index in [0.717, 1.165) is 22.6 Å². The molecule has 152 valence electrons. The van der Waals surface area contributed by atoms with Crippen LogP contribution in [0.1, 0.15) is 18.4 Å². The Morgan fingerprint density at radius 3 is 1.80 bits per heavy atom. The number of carbonyl (C=O) groups excluding carboxylic acids is 2. The second-order valence-electron chi connectivity index (χ2n) is 6.43. The highest BCUT2D eigenvalue weighted by molar-refractivity contribution is 5.86. The van der Waals surface area contributed by atoms with Crippen molar-refractivity contribution in [3.05, 3.63) is 90.5 Å². The quantitative estimate of drug-likeness (QED) is 0.303. The Balaban J connectivity index is 1.70. The molecule has 0 aliphatic heterocycles. The molecule has 0 aliphatic rings. The van der Waals surface area contributed by atoms with Gasteiger partial charge < -0.3 is 4.90 Å². The monoisotopic (exact) mass is 402 g/mol. The summed E-state index contributed by atoms with van der Waals surface area (Å²) in [7, 11) is 0. The molecule has 2 amide bonds. The van der Waals surface area contributed by atoms with E-state index in [4.69, 9.17) is 5.21 Å². The molecule has 0 fully saturated rings. The fraction of sp³-hybridized carbons (Fsp3) is 0.0870. The highest BCUT2D eigenvalue weighted by Gasteiger charge is 2.11. The summed E-state index contributed by atoms with van der Waals surface area (Å²) in [6.45, 7) is 0. The number of anilines is 3. The number of rotatable bonds is 8. The third-order valence-electron chi connectivity index (χ3n) is 4.29. The maximum absolute atomic E-state index is 11.6. The molecule has 0 saturated carbocycles. The first-order chi connectivity index (χ1) is 14.7. The number of nitrogens with one attached hydrogen (secondary N) is 2. The maximum atomic E-state index is 11.6. The van der Waals surface area contributed by atoms with Crippen LogP contribution in [-0.4, -0.2) is 23.2 Å². The van der Waals surface area contributed by atoms with E-state index in [-0.39, 0.29) is 12.8 Å². The van der Waals surface area contributed by atoms with Crippen molar-refractivity contribution >= 4 is 35.1 Å². The summed E-state index contributed by atoms with van der Waals surface area (Å²) in [6.07, 6.45) is 1.36. The molecule has 3 aromatic rings. The number of carbonyl (C=O) groups is 2. The highest BCUT2D eigenvalue weighted by Crippen LogP contribution is 2.33. The van der Waals surface area contributed by atoms with Crippen LogP contribution < -0.4 is 15.8 Å². The van der Waals surface area contributed by atoms with E-state index in [2.05, 4.69) is 39.7 Å². The molecule has 0 saturated heterocycles. The van der Waals surface area contributed by atoms with Gasteiger partial charge in [0.1, 0.15) is 0 Å². The molecule has 0 spiro atoms. The number of nitrogens with zero attached hydrogens (tertiary/aromatic N) is 2. The first kappa shape index (κ1) is 20.8. The molecule has 0 bridgehead atoms. The molecule has 0 radical (unpaired) electrons. The molecular formula is C23H22N4O3. The second-order valence-corrected chi connectivity index (χ2v) is 6.43. The molecule has 0 atom stereocenters. The second kappa shape index (κ2) is 10.5. The van der Waals surface area contributed by atoms with E-state index in [1.54, 1.807) is 0 Å². The Bertz CT molecular complexity index is 950. The maximum Gasteiger partial charge on any atom is 0.243 e. The standard InChI is InChI=1S/C23H22N4O3/c28-22(15-16-23(29)26-30)25-24-17-18-11-13-21(14-12-18)27(19-7-3-1-4-8-19)20-9-5-2-6-10-20/h1-14,17,30H,15-16H2,(H,25,28)(H,26,29). The van der Waals surface area contributed by atoms with Crippen LogP contribution in [0.2, 0.25) is 0 Å². The van der Waals surface area contributed by atoms with Gasteiger partial charge in [0.2, 0.25) is 11.8 Å². The zero-order valence-electron chi connectivity index (χ0n) is 16.2. The Morgan fingerprint density at radius 2 is 1.27 bits per heavy atom. The van der Waals surface area contributed by atoms with Crippen molar-refractivity contribution in [3.8, 4) is 0 Å². The Labute approximate surface area is 174 Å². The molecule has 7 nitrogen and oxygen atoms in total. The van der Waals surface area contributed by atoms with E-state index in [1.165, 1.54) is 11.7 Å². The van der Waals surface area contributed by atoms with Gasteiger partial charge >= 0.3 is 0 Å². The molecule has 30 heavy (non-hydrogen) atoms. The lowest BCUT2D eigenvalue weighted by molar-refractivity contribution is -0.131. The van der Waals surface area contributed by atoms with E-state index < -0.39 is 11.8 Å². The minimum absolute atomic E-state index is 0.0637. The fourth-order valence-corrected chi connectivity index (χ4v) is 2.83. The molecule has 3 rings (SSSR count). The van der Waals surface area contributed by atoms with Gasteiger partial charge in [-0.25, -0.2) is 10.9 Å². The van der Waals surface area contributed by atoms with Crippen LogP contribution in [0.15, 0.2) is 90.0 Å². The van der Waals surface area contributed by atoms with Crippen molar-refractivity contribution in [3.63, 3.8) is 0 Å². The van der Waals surface area contributed by atoms with E-state index >= 15 is 0 Å². The average Bonchev–Trinajstić information content (AvgIpc) is 2.80. The van der Waals surface area contributed by atoms with E-state index in [0.29, 0.717) is 0 Å². The predicted molar refractivity (Wildman–Crippen MR) is 116 cm³/mol. The summed E-state index contributed by atoms with van der Waals surface area (Å²) >= 11 is 0. The number of hydroxylamine groups is 1. The molecular weight excluding hydrogens is 380 g/mol. The lowest BCUT2D eigenvalue weighted by Crippen LogP contribution is -2.23. The first-order valence-electron chi connectivity index (χ1n) is 9.42. The van der Waals surface area contributed by atoms with Crippen molar-refractivity contribution in [2.75, 3.05) is 4.90 Å². The lowest BCUT2D eigenvalue weighted by atomic mass is 10.1.